The van der Waals surface area contributed by atoms with E-state index in [9.17, 15) is 9.18 Å². The first-order valence-corrected chi connectivity index (χ1v) is 5.58. The van der Waals surface area contributed by atoms with Crippen LogP contribution in [0, 0.1) is 12.7 Å². The zero-order chi connectivity index (χ0) is 12.1. The van der Waals surface area contributed by atoms with Gasteiger partial charge in [0.05, 0.1) is 17.5 Å². The molecular weight excluding hydrogens is 277 g/mol. The Morgan fingerprint density at radius 2 is 2.25 bits per heavy atom. The van der Waals surface area contributed by atoms with Crippen molar-refractivity contribution < 1.29 is 13.9 Å². The molecule has 0 bridgehead atoms. The molecule has 5 heteroatoms. The molecule has 0 spiro atoms. The quantitative estimate of drug-likeness (QED) is 0.926. The average Bonchev–Trinajstić information content (AvgIpc) is 2.23. The van der Waals surface area contributed by atoms with Crippen LogP contribution < -0.4 is 5.32 Å². The average molecular weight is 290 g/mol. The van der Waals surface area contributed by atoms with Crippen LogP contribution in [0.15, 0.2) is 16.6 Å². The molecule has 0 aliphatic heterocycles. The Balaban J connectivity index is 2.73. The van der Waals surface area contributed by atoms with Crippen molar-refractivity contribution in [3.63, 3.8) is 0 Å². The maximum Gasteiger partial charge on any atom is 0.226 e. The zero-order valence-electron chi connectivity index (χ0n) is 9.14. The second-order valence-corrected chi connectivity index (χ2v) is 4.23. The lowest BCUT2D eigenvalue weighted by Gasteiger charge is -2.09. The smallest absolute Gasteiger partial charge is 0.226 e. The molecule has 0 radical (unpaired) electrons. The standard InChI is InChI=1S/C11H13BrFNO2/c1-7-5-9(13)8(12)6-10(7)14-11(15)3-4-16-2/h5-6H,3-4H2,1-2H3,(H,14,15). The van der Waals surface area contributed by atoms with Crippen LogP contribution in [0.1, 0.15) is 12.0 Å². The first-order valence-electron chi connectivity index (χ1n) is 4.79. The van der Waals surface area contributed by atoms with Crippen molar-refractivity contribution in [2.45, 2.75) is 13.3 Å². The Bertz CT molecular complexity index is 396. The van der Waals surface area contributed by atoms with Gasteiger partial charge in [0, 0.05) is 12.8 Å². The van der Waals surface area contributed by atoms with E-state index in [0.717, 1.165) is 0 Å². The Labute approximate surface area is 102 Å². The van der Waals surface area contributed by atoms with Crippen LogP contribution >= 0.6 is 15.9 Å². The van der Waals surface area contributed by atoms with E-state index in [2.05, 4.69) is 21.2 Å². The third kappa shape index (κ3) is 3.57. The van der Waals surface area contributed by atoms with Crippen molar-refractivity contribution in [3.05, 3.63) is 28.0 Å². The third-order valence-electron chi connectivity index (χ3n) is 2.07. The topological polar surface area (TPSA) is 38.3 Å². The molecule has 3 nitrogen and oxygen atoms in total. The number of nitrogens with one attached hydrogen (secondary N) is 1. The van der Waals surface area contributed by atoms with E-state index < -0.39 is 0 Å². The molecule has 0 unspecified atom stereocenters. The van der Waals surface area contributed by atoms with E-state index in [-0.39, 0.29) is 18.1 Å². The number of amides is 1. The summed E-state index contributed by atoms with van der Waals surface area (Å²) in [4.78, 5) is 11.4. The highest BCUT2D eigenvalue weighted by Gasteiger charge is 2.08. The number of carbonyl (C=O) groups is 1. The van der Waals surface area contributed by atoms with Gasteiger partial charge in [-0.25, -0.2) is 4.39 Å². The van der Waals surface area contributed by atoms with Crippen LogP contribution in [0.3, 0.4) is 0 Å². The predicted molar refractivity (Wildman–Crippen MR) is 64.0 cm³/mol. The summed E-state index contributed by atoms with van der Waals surface area (Å²) in [6, 6.07) is 2.92. The molecule has 16 heavy (non-hydrogen) atoms. The second-order valence-electron chi connectivity index (χ2n) is 3.37. The molecule has 1 aromatic rings. The summed E-state index contributed by atoms with van der Waals surface area (Å²) in [5.74, 6) is -0.490. The largest absolute Gasteiger partial charge is 0.384 e. The number of anilines is 1. The molecule has 0 fully saturated rings. The first kappa shape index (κ1) is 13.1. The van der Waals surface area contributed by atoms with Crippen molar-refractivity contribution >= 4 is 27.5 Å². The van der Waals surface area contributed by atoms with Gasteiger partial charge in [0.25, 0.3) is 0 Å². The Morgan fingerprint density at radius 3 is 2.88 bits per heavy atom. The van der Waals surface area contributed by atoms with E-state index in [4.69, 9.17) is 4.74 Å². The van der Waals surface area contributed by atoms with Gasteiger partial charge in [0.2, 0.25) is 5.91 Å². The van der Waals surface area contributed by atoms with Crippen molar-refractivity contribution in [1.82, 2.24) is 0 Å². The first-order chi connectivity index (χ1) is 7.54. The molecule has 1 rings (SSSR count). The summed E-state index contributed by atoms with van der Waals surface area (Å²) in [5, 5.41) is 2.70. The fourth-order valence-electron chi connectivity index (χ4n) is 1.19. The monoisotopic (exact) mass is 289 g/mol. The summed E-state index contributed by atoms with van der Waals surface area (Å²) >= 11 is 3.07. The lowest BCUT2D eigenvalue weighted by molar-refractivity contribution is -0.117. The van der Waals surface area contributed by atoms with Gasteiger partial charge >= 0.3 is 0 Å². The minimum absolute atomic E-state index is 0.150. The Morgan fingerprint density at radius 1 is 1.56 bits per heavy atom. The third-order valence-corrected chi connectivity index (χ3v) is 2.68. The maximum absolute atomic E-state index is 13.1. The van der Waals surface area contributed by atoms with Gasteiger partial charge < -0.3 is 10.1 Å². The molecule has 1 amide bonds. The van der Waals surface area contributed by atoms with Crippen LogP contribution in [0.25, 0.3) is 0 Å². The van der Waals surface area contributed by atoms with E-state index in [1.165, 1.54) is 13.2 Å². The normalized spacial score (nSPS) is 10.2. The van der Waals surface area contributed by atoms with Crippen LogP contribution in [0.4, 0.5) is 10.1 Å². The van der Waals surface area contributed by atoms with Crippen molar-refractivity contribution in [2.24, 2.45) is 0 Å². The molecule has 0 saturated heterocycles. The number of hydrogen-bond donors (Lipinski definition) is 1. The van der Waals surface area contributed by atoms with E-state index >= 15 is 0 Å². The van der Waals surface area contributed by atoms with Crippen LogP contribution in [0.5, 0.6) is 0 Å². The number of aryl methyl sites for hydroxylation is 1. The summed E-state index contributed by atoms with van der Waals surface area (Å²) in [6.45, 7) is 2.11. The van der Waals surface area contributed by atoms with Gasteiger partial charge in [-0.1, -0.05) is 0 Å². The molecule has 0 aliphatic rings. The Hall–Kier alpha value is -0.940. The molecule has 1 aromatic carbocycles. The molecule has 0 saturated carbocycles. The highest BCUT2D eigenvalue weighted by molar-refractivity contribution is 9.10. The Kier molecular flexibility index (Phi) is 4.89. The van der Waals surface area contributed by atoms with Crippen LogP contribution in [-0.2, 0) is 9.53 Å². The van der Waals surface area contributed by atoms with Gasteiger partial charge in [-0.15, -0.1) is 0 Å². The van der Waals surface area contributed by atoms with E-state index in [0.29, 0.717) is 22.3 Å². The molecular formula is C11H13BrFNO2. The summed E-state index contributed by atoms with van der Waals surface area (Å²) in [5.41, 5.74) is 1.29. The van der Waals surface area contributed by atoms with Crippen molar-refractivity contribution in [3.8, 4) is 0 Å². The van der Waals surface area contributed by atoms with Gasteiger partial charge in [-0.2, -0.15) is 0 Å². The SMILES string of the molecule is COCCC(=O)Nc1cc(Br)c(F)cc1C. The highest BCUT2D eigenvalue weighted by atomic mass is 79.9. The van der Waals surface area contributed by atoms with Gasteiger partial charge in [-0.05, 0) is 40.5 Å². The lowest BCUT2D eigenvalue weighted by Crippen LogP contribution is -2.14. The van der Waals surface area contributed by atoms with E-state index in [1.54, 1.807) is 13.0 Å². The molecule has 88 valence electrons. The zero-order valence-corrected chi connectivity index (χ0v) is 10.7. The number of rotatable bonds is 4. The second kappa shape index (κ2) is 5.96. The number of hydrogen-bond acceptors (Lipinski definition) is 2. The molecule has 0 aliphatic carbocycles. The summed E-state index contributed by atoms with van der Waals surface area (Å²) < 4.78 is 18.2. The van der Waals surface area contributed by atoms with Crippen LogP contribution in [0.2, 0.25) is 0 Å². The van der Waals surface area contributed by atoms with Crippen molar-refractivity contribution in [2.75, 3.05) is 19.0 Å². The minimum atomic E-state index is -0.340. The fraction of sp³-hybridized carbons (Fsp3) is 0.364. The maximum atomic E-state index is 13.1. The molecule has 1 N–H and O–H groups in total. The number of ether oxygens (including phenoxy) is 1. The molecule has 0 heterocycles. The number of benzene rings is 1. The van der Waals surface area contributed by atoms with Crippen LogP contribution in [-0.4, -0.2) is 19.6 Å². The fourth-order valence-corrected chi connectivity index (χ4v) is 1.53. The molecule has 0 aromatic heterocycles. The minimum Gasteiger partial charge on any atom is -0.384 e. The number of carbonyl (C=O) groups excluding carboxylic acids is 1. The number of halogens is 2. The number of methoxy groups -OCH3 is 1. The van der Waals surface area contributed by atoms with Crippen molar-refractivity contribution in [1.29, 1.82) is 0 Å². The van der Waals surface area contributed by atoms with Gasteiger partial charge in [0.1, 0.15) is 5.82 Å². The van der Waals surface area contributed by atoms with E-state index in [1.807, 2.05) is 0 Å². The highest BCUT2D eigenvalue weighted by Crippen LogP contribution is 2.24. The van der Waals surface area contributed by atoms with Gasteiger partial charge in [-0.3, -0.25) is 4.79 Å². The predicted octanol–water partition coefficient (Wildman–Crippen LogP) is 2.87. The van der Waals surface area contributed by atoms with Gasteiger partial charge in [0.15, 0.2) is 0 Å². The summed E-state index contributed by atoms with van der Waals surface area (Å²) in [7, 11) is 1.53. The lowest BCUT2D eigenvalue weighted by atomic mass is 10.2. The molecule has 0 atom stereocenters. The summed E-state index contributed by atoms with van der Waals surface area (Å²) in [6.07, 6.45) is 0.283.